The number of nitrogens with zero attached hydrogens (tertiary/aromatic N) is 2. The van der Waals surface area contributed by atoms with Crippen molar-refractivity contribution in [3.05, 3.63) is 97.8 Å². The lowest BCUT2D eigenvalue weighted by Gasteiger charge is -2.13. The van der Waals surface area contributed by atoms with Crippen molar-refractivity contribution in [2.75, 3.05) is 7.11 Å². The fourth-order valence-corrected chi connectivity index (χ4v) is 4.85. The molecule has 0 amide bonds. The van der Waals surface area contributed by atoms with Crippen molar-refractivity contribution in [1.82, 2.24) is 9.38 Å². The standard InChI is InChI=1S/C26H19F3N2O3S/c1-15-5-3-8-19-23(15)30-25-31(19)24(32)22(35-25)13-16-9-10-20(21(12-16)33-2)34-14-17-6-4-7-18(11-17)26(27,28)29/h3-13H,14H2,1-2H3/b22-13-. The first kappa shape index (κ1) is 22.9. The molecule has 5 aromatic rings. The Morgan fingerprint density at radius 2 is 1.86 bits per heavy atom. The van der Waals surface area contributed by atoms with Crippen molar-refractivity contribution in [2.24, 2.45) is 0 Å². The van der Waals surface area contributed by atoms with Gasteiger partial charge in [0.25, 0.3) is 5.56 Å². The van der Waals surface area contributed by atoms with Crippen LogP contribution in [0.4, 0.5) is 13.2 Å². The van der Waals surface area contributed by atoms with E-state index in [4.69, 9.17) is 9.47 Å². The van der Waals surface area contributed by atoms with Gasteiger partial charge in [0.1, 0.15) is 6.61 Å². The molecule has 2 aromatic heterocycles. The van der Waals surface area contributed by atoms with Gasteiger partial charge in [-0.1, -0.05) is 41.7 Å². The summed E-state index contributed by atoms with van der Waals surface area (Å²) >= 11 is 1.30. The molecule has 9 heteroatoms. The van der Waals surface area contributed by atoms with Crippen LogP contribution in [0.25, 0.3) is 22.1 Å². The summed E-state index contributed by atoms with van der Waals surface area (Å²) in [5, 5.41) is 0. The number of aromatic nitrogens is 2. The molecule has 0 unspecified atom stereocenters. The third-order valence-corrected chi connectivity index (χ3v) is 6.57. The Kier molecular flexibility index (Phi) is 5.72. The predicted molar refractivity (Wildman–Crippen MR) is 129 cm³/mol. The van der Waals surface area contributed by atoms with E-state index in [0.717, 1.165) is 34.3 Å². The van der Waals surface area contributed by atoms with Gasteiger partial charge in [0.2, 0.25) is 0 Å². The third-order valence-electron chi connectivity index (χ3n) is 5.61. The number of hydrogen-bond acceptors (Lipinski definition) is 5. The molecule has 5 rings (SSSR count). The van der Waals surface area contributed by atoms with Crippen molar-refractivity contribution in [2.45, 2.75) is 19.7 Å². The fraction of sp³-hybridized carbons (Fsp3) is 0.154. The van der Waals surface area contributed by atoms with Crippen LogP contribution in [0.15, 0.2) is 65.5 Å². The molecule has 0 aliphatic carbocycles. The van der Waals surface area contributed by atoms with Crippen LogP contribution < -0.4 is 19.6 Å². The zero-order valence-electron chi connectivity index (χ0n) is 18.7. The number of benzene rings is 3. The number of ether oxygens (including phenoxy) is 2. The van der Waals surface area contributed by atoms with Crippen LogP contribution in [-0.2, 0) is 12.8 Å². The normalized spacial score (nSPS) is 12.5. The number of hydrogen-bond donors (Lipinski definition) is 0. The molecule has 0 fully saturated rings. The Morgan fingerprint density at radius 3 is 2.63 bits per heavy atom. The summed E-state index contributed by atoms with van der Waals surface area (Å²) in [6.45, 7) is 1.91. The minimum atomic E-state index is -4.42. The number of aryl methyl sites for hydroxylation is 1. The van der Waals surface area contributed by atoms with Gasteiger partial charge in [-0.15, -0.1) is 0 Å². The van der Waals surface area contributed by atoms with Crippen LogP contribution in [0.3, 0.4) is 0 Å². The summed E-state index contributed by atoms with van der Waals surface area (Å²) in [7, 11) is 1.48. The van der Waals surface area contributed by atoms with E-state index in [2.05, 4.69) is 4.98 Å². The molecule has 5 nitrogen and oxygen atoms in total. The quantitative estimate of drug-likeness (QED) is 0.328. The Hall–Kier alpha value is -3.85. The molecule has 0 spiro atoms. The number of imidazole rings is 1. The first-order valence-corrected chi connectivity index (χ1v) is 11.5. The highest BCUT2D eigenvalue weighted by Gasteiger charge is 2.30. The van der Waals surface area contributed by atoms with Crippen molar-refractivity contribution in [3.8, 4) is 11.5 Å². The summed E-state index contributed by atoms with van der Waals surface area (Å²) < 4.78 is 52.1. The minimum Gasteiger partial charge on any atom is -0.493 e. The first-order valence-electron chi connectivity index (χ1n) is 10.6. The summed E-state index contributed by atoms with van der Waals surface area (Å²) in [6.07, 6.45) is -2.66. The SMILES string of the molecule is COc1cc(/C=c2\sc3nc4c(C)cccc4n3c2=O)ccc1OCc1cccc(C(F)(F)F)c1. The third kappa shape index (κ3) is 4.35. The topological polar surface area (TPSA) is 52.8 Å². The number of fused-ring (bicyclic) bond motifs is 3. The van der Waals surface area contributed by atoms with Gasteiger partial charge in [-0.05, 0) is 60.0 Å². The predicted octanol–water partition coefficient (Wildman–Crippen LogP) is 5.37. The van der Waals surface area contributed by atoms with E-state index < -0.39 is 11.7 Å². The highest BCUT2D eigenvalue weighted by molar-refractivity contribution is 7.15. The molecule has 2 heterocycles. The average Bonchev–Trinajstić information content (AvgIpc) is 3.35. The van der Waals surface area contributed by atoms with Gasteiger partial charge in [0.15, 0.2) is 16.5 Å². The Morgan fingerprint density at radius 1 is 1.06 bits per heavy atom. The number of alkyl halides is 3. The van der Waals surface area contributed by atoms with Crippen LogP contribution in [-0.4, -0.2) is 16.5 Å². The average molecular weight is 497 g/mol. The van der Waals surface area contributed by atoms with Gasteiger partial charge in [0.05, 0.1) is 28.2 Å². The van der Waals surface area contributed by atoms with Gasteiger partial charge in [-0.25, -0.2) is 9.38 Å². The molecule has 178 valence electrons. The van der Waals surface area contributed by atoms with Gasteiger partial charge >= 0.3 is 6.18 Å². The number of halogens is 3. The minimum absolute atomic E-state index is 0.0529. The van der Waals surface area contributed by atoms with E-state index in [9.17, 15) is 18.0 Å². The van der Waals surface area contributed by atoms with E-state index in [1.807, 2.05) is 25.1 Å². The fourth-order valence-electron chi connectivity index (χ4n) is 3.87. The van der Waals surface area contributed by atoms with Crippen molar-refractivity contribution in [3.63, 3.8) is 0 Å². The van der Waals surface area contributed by atoms with Crippen LogP contribution in [0.5, 0.6) is 11.5 Å². The first-order chi connectivity index (χ1) is 16.7. The maximum atomic E-state index is 13.1. The maximum Gasteiger partial charge on any atom is 0.416 e. The van der Waals surface area contributed by atoms with E-state index >= 15 is 0 Å². The zero-order valence-corrected chi connectivity index (χ0v) is 19.5. The van der Waals surface area contributed by atoms with Gasteiger partial charge in [-0.3, -0.25) is 4.79 Å². The lowest BCUT2D eigenvalue weighted by atomic mass is 10.1. The largest absolute Gasteiger partial charge is 0.493 e. The Labute approximate surface area is 201 Å². The molecule has 0 aliphatic rings. The van der Waals surface area contributed by atoms with Gasteiger partial charge in [-0.2, -0.15) is 13.2 Å². The zero-order chi connectivity index (χ0) is 24.7. The molecular formula is C26H19F3N2O3S. The summed E-state index contributed by atoms with van der Waals surface area (Å²) in [6, 6.07) is 15.9. The highest BCUT2D eigenvalue weighted by Crippen LogP contribution is 2.31. The molecule has 0 saturated heterocycles. The second kappa shape index (κ2) is 8.74. The second-order valence-electron chi connectivity index (χ2n) is 7.99. The molecule has 3 aromatic carbocycles. The molecule has 0 aliphatic heterocycles. The molecular weight excluding hydrogens is 477 g/mol. The summed E-state index contributed by atoms with van der Waals surface area (Å²) in [5.41, 5.74) is 2.82. The Balaban J connectivity index is 1.44. The van der Waals surface area contributed by atoms with E-state index in [-0.39, 0.29) is 12.2 Å². The maximum absolute atomic E-state index is 13.1. The molecule has 0 bridgehead atoms. The summed E-state index contributed by atoms with van der Waals surface area (Å²) in [4.78, 5) is 18.3. The number of thiazole rings is 1. The van der Waals surface area contributed by atoms with E-state index in [1.165, 1.54) is 24.5 Å². The van der Waals surface area contributed by atoms with Crippen LogP contribution >= 0.6 is 11.3 Å². The second-order valence-corrected chi connectivity index (χ2v) is 8.99. The van der Waals surface area contributed by atoms with Crippen LogP contribution in [0.2, 0.25) is 0 Å². The molecule has 0 atom stereocenters. The monoisotopic (exact) mass is 496 g/mol. The number of rotatable bonds is 5. The molecule has 0 radical (unpaired) electrons. The van der Waals surface area contributed by atoms with Gasteiger partial charge in [0, 0.05) is 0 Å². The highest BCUT2D eigenvalue weighted by atomic mass is 32.1. The van der Waals surface area contributed by atoms with Crippen LogP contribution in [0, 0.1) is 6.92 Å². The van der Waals surface area contributed by atoms with Crippen LogP contribution in [0.1, 0.15) is 22.3 Å². The van der Waals surface area contributed by atoms with Crippen molar-refractivity contribution in [1.29, 1.82) is 0 Å². The van der Waals surface area contributed by atoms with Crippen molar-refractivity contribution >= 4 is 33.4 Å². The van der Waals surface area contributed by atoms with Crippen molar-refractivity contribution < 1.29 is 22.6 Å². The number of methoxy groups -OCH3 is 1. The van der Waals surface area contributed by atoms with Gasteiger partial charge < -0.3 is 9.47 Å². The lowest BCUT2D eigenvalue weighted by Crippen LogP contribution is -2.22. The lowest BCUT2D eigenvalue weighted by molar-refractivity contribution is -0.137. The van der Waals surface area contributed by atoms with E-state index in [0.29, 0.717) is 26.6 Å². The molecule has 0 N–H and O–H groups in total. The summed E-state index contributed by atoms with van der Waals surface area (Å²) in [5.74, 6) is 0.785. The molecule has 0 saturated carbocycles. The number of para-hydroxylation sites is 1. The Bertz CT molecular complexity index is 1670. The van der Waals surface area contributed by atoms with E-state index in [1.54, 1.807) is 34.7 Å². The smallest absolute Gasteiger partial charge is 0.416 e. The molecule has 35 heavy (non-hydrogen) atoms.